The van der Waals surface area contributed by atoms with Gasteiger partial charge < -0.3 is 0 Å². The Morgan fingerprint density at radius 2 is 2.08 bits per heavy atom. The Labute approximate surface area is 89.7 Å². The van der Waals surface area contributed by atoms with Crippen molar-refractivity contribution in [3.8, 4) is 0 Å². The summed E-state index contributed by atoms with van der Waals surface area (Å²) in [5.74, 6) is 2.87. The zero-order valence-corrected chi connectivity index (χ0v) is 9.71. The van der Waals surface area contributed by atoms with E-state index in [1.165, 1.54) is 16.7 Å². The van der Waals surface area contributed by atoms with Gasteiger partial charge in [-0.3, -0.25) is 0 Å². The van der Waals surface area contributed by atoms with Crippen molar-refractivity contribution in [2.24, 2.45) is 0 Å². The van der Waals surface area contributed by atoms with Gasteiger partial charge in [0.1, 0.15) is 0 Å². The Kier molecular flexibility index (Phi) is 4.68. The van der Waals surface area contributed by atoms with Gasteiger partial charge in [-0.25, -0.2) is 0 Å². The molecule has 0 saturated heterocycles. The van der Waals surface area contributed by atoms with Crippen LogP contribution >= 0.6 is 23.4 Å². The minimum absolute atomic E-state index is 0.746. The number of rotatable bonds is 4. The first-order valence-electron chi connectivity index (χ1n) is 4.44. The molecule has 0 fully saturated rings. The minimum atomic E-state index is 0.746. The Balaban J connectivity index is 2.59. The summed E-state index contributed by atoms with van der Waals surface area (Å²) in [4.78, 5) is 0. The average Bonchev–Trinajstić information content (AvgIpc) is 2.11. The Bertz CT molecular complexity index is 271. The maximum atomic E-state index is 5.62. The molecule has 1 aromatic carbocycles. The van der Waals surface area contributed by atoms with Gasteiger partial charge in [0.25, 0.3) is 0 Å². The molecule has 0 aliphatic heterocycles. The van der Waals surface area contributed by atoms with Crippen LogP contribution in [0.15, 0.2) is 18.2 Å². The van der Waals surface area contributed by atoms with Crippen LogP contribution in [0.4, 0.5) is 0 Å². The zero-order chi connectivity index (χ0) is 9.68. The van der Waals surface area contributed by atoms with Crippen LogP contribution in [0.5, 0.6) is 0 Å². The predicted octanol–water partition coefficient (Wildman–Crippen LogP) is 3.78. The molecule has 0 aromatic heterocycles. The molecule has 0 N–H and O–H groups in total. The van der Waals surface area contributed by atoms with Crippen LogP contribution in [0.1, 0.15) is 16.7 Å². The van der Waals surface area contributed by atoms with E-state index in [2.05, 4.69) is 32.0 Å². The van der Waals surface area contributed by atoms with Gasteiger partial charge in [-0.2, -0.15) is 11.8 Å². The lowest BCUT2D eigenvalue weighted by Gasteiger charge is -2.05. The minimum Gasteiger partial charge on any atom is -0.156 e. The zero-order valence-electron chi connectivity index (χ0n) is 8.14. The normalized spacial score (nSPS) is 10.4. The first kappa shape index (κ1) is 10.9. The molecule has 0 unspecified atom stereocenters. The second-order valence-electron chi connectivity index (χ2n) is 3.17. The van der Waals surface area contributed by atoms with E-state index >= 15 is 0 Å². The van der Waals surface area contributed by atoms with Crippen LogP contribution in [0.25, 0.3) is 0 Å². The van der Waals surface area contributed by atoms with E-state index in [0.717, 1.165) is 17.4 Å². The van der Waals surface area contributed by atoms with Crippen molar-refractivity contribution in [3.05, 3.63) is 34.9 Å². The Morgan fingerprint density at radius 1 is 1.31 bits per heavy atom. The molecule has 0 aliphatic rings. The fourth-order valence-electron chi connectivity index (χ4n) is 1.19. The molecule has 0 radical (unpaired) electrons. The third kappa shape index (κ3) is 3.61. The SMILES string of the molecule is Cc1ccc(C)c(CSCCCl)c1. The summed E-state index contributed by atoms with van der Waals surface area (Å²) in [6, 6.07) is 6.60. The number of alkyl halides is 1. The Hall–Kier alpha value is -0.140. The molecule has 13 heavy (non-hydrogen) atoms. The topological polar surface area (TPSA) is 0 Å². The molecular weight excluding hydrogens is 200 g/mol. The Morgan fingerprint density at radius 3 is 2.77 bits per heavy atom. The van der Waals surface area contributed by atoms with Crippen molar-refractivity contribution in [1.29, 1.82) is 0 Å². The number of halogens is 1. The third-order valence-electron chi connectivity index (χ3n) is 1.98. The number of aryl methyl sites for hydroxylation is 2. The van der Waals surface area contributed by atoms with Crippen LogP contribution < -0.4 is 0 Å². The van der Waals surface area contributed by atoms with Gasteiger partial charge in [0.15, 0.2) is 0 Å². The quantitative estimate of drug-likeness (QED) is 0.543. The lowest BCUT2D eigenvalue weighted by molar-refractivity contribution is 1.27. The summed E-state index contributed by atoms with van der Waals surface area (Å²) >= 11 is 7.52. The number of thioether (sulfide) groups is 1. The number of benzene rings is 1. The molecule has 0 nitrogen and oxygen atoms in total. The summed E-state index contributed by atoms with van der Waals surface area (Å²) in [6.07, 6.45) is 0. The molecule has 1 rings (SSSR count). The fraction of sp³-hybridized carbons (Fsp3) is 0.455. The van der Waals surface area contributed by atoms with Crippen LogP contribution in [0, 0.1) is 13.8 Å². The highest BCUT2D eigenvalue weighted by molar-refractivity contribution is 7.98. The van der Waals surface area contributed by atoms with Gasteiger partial charge in [-0.05, 0) is 25.0 Å². The summed E-state index contributed by atoms with van der Waals surface area (Å²) < 4.78 is 0. The van der Waals surface area contributed by atoms with E-state index in [4.69, 9.17) is 11.6 Å². The van der Waals surface area contributed by atoms with Crippen LogP contribution in [-0.2, 0) is 5.75 Å². The van der Waals surface area contributed by atoms with Crippen molar-refractivity contribution >= 4 is 23.4 Å². The average molecular weight is 215 g/mol. The van der Waals surface area contributed by atoms with Crippen LogP contribution in [-0.4, -0.2) is 11.6 Å². The van der Waals surface area contributed by atoms with E-state index in [9.17, 15) is 0 Å². The van der Waals surface area contributed by atoms with E-state index in [-0.39, 0.29) is 0 Å². The lowest BCUT2D eigenvalue weighted by Crippen LogP contribution is -1.89. The second kappa shape index (κ2) is 5.56. The van der Waals surface area contributed by atoms with Crippen molar-refractivity contribution in [2.75, 3.05) is 11.6 Å². The van der Waals surface area contributed by atoms with Crippen molar-refractivity contribution in [3.63, 3.8) is 0 Å². The molecule has 0 amide bonds. The molecule has 0 heterocycles. The van der Waals surface area contributed by atoms with E-state index in [1.807, 2.05) is 11.8 Å². The molecule has 72 valence electrons. The maximum absolute atomic E-state index is 5.62. The van der Waals surface area contributed by atoms with E-state index in [1.54, 1.807) is 0 Å². The molecule has 0 atom stereocenters. The summed E-state index contributed by atoms with van der Waals surface area (Å²) in [5.41, 5.74) is 4.16. The summed E-state index contributed by atoms with van der Waals surface area (Å²) in [5, 5.41) is 0. The van der Waals surface area contributed by atoms with Gasteiger partial charge >= 0.3 is 0 Å². The van der Waals surface area contributed by atoms with Crippen molar-refractivity contribution in [1.82, 2.24) is 0 Å². The van der Waals surface area contributed by atoms with E-state index in [0.29, 0.717) is 0 Å². The third-order valence-corrected chi connectivity index (χ3v) is 3.40. The molecular formula is C11H15ClS. The highest BCUT2D eigenvalue weighted by Gasteiger charge is 1.98. The van der Waals surface area contributed by atoms with Gasteiger partial charge in [-0.1, -0.05) is 23.8 Å². The van der Waals surface area contributed by atoms with Crippen molar-refractivity contribution in [2.45, 2.75) is 19.6 Å². The van der Waals surface area contributed by atoms with Gasteiger partial charge in [0.05, 0.1) is 0 Å². The number of hydrogen-bond acceptors (Lipinski definition) is 1. The first-order chi connectivity index (χ1) is 6.24. The standard InChI is InChI=1S/C11H15ClS/c1-9-3-4-10(2)11(7-9)8-13-6-5-12/h3-4,7H,5-6,8H2,1-2H3. The summed E-state index contributed by atoms with van der Waals surface area (Å²) in [6.45, 7) is 4.30. The summed E-state index contributed by atoms with van der Waals surface area (Å²) in [7, 11) is 0. The largest absolute Gasteiger partial charge is 0.156 e. The van der Waals surface area contributed by atoms with Crippen molar-refractivity contribution < 1.29 is 0 Å². The van der Waals surface area contributed by atoms with Gasteiger partial charge in [0.2, 0.25) is 0 Å². The smallest absolute Gasteiger partial charge is 0.0314 e. The molecule has 0 bridgehead atoms. The highest BCUT2D eigenvalue weighted by Crippen LogP contribution is 2.17. The van der Waals surface area contributed by atoms with Crippen LogP contribution in [0.2, 0.25) is 0 Å². The molecule has 1 aromatic rings. The molecule has 0 saturated carbocycles. The monoisotopic (exact) mass is 214 g/mol. The lowest BCUT2D eigenvalue weighted by atomic mass is 10.1. The maximum Gasteiger partial charge on any atom is 0.0314 e. The molecule has 0 aliphatic carbocycles. The van der Waals surface area contributed by atoms with Crippen LogP contribution in [0.3, 0.4) is 0 Å². The first-order valence-corrected chi connectivity index (χ1v) is 6.13. The van der Waals surface area contributed by atoms with Gasteiger partial charge in [0, 0.05) is 17.4 Å². The number of hydrogen-bond donors (Lipinski definition) is 0. The van der Waals surface area contributed by atoms with E-state index < -0.39 is 0 Å². The fourth-order valence-corrected chi connectivity index (χ4v) is 2.30. The predicted molar refractivity (Wildman–Crippen MR) is 62.8 cm³/mol. The van der Waals surface area contributed by atoms with Gasteiger partial charge in [-0.15, -0.1) is 11.6 Å². The molecule has 0 spiro atoms. The second-order valence-corrected chi connectivity index (χ2v) is 4.65. The molecule has 2 heteroatoms. The highest BCUT2D eigenvalue weighted by atomic mass is 35.5.